The first-order valence-corrected chi connectivity index (χ1v) is 7.83. The van der Waals surface area contributed by atoms with Gasteiger partial charge in [-0.2, -0.15) is 0 Å². The minimum Gasteiger partial charge on any atom is -0.353 e. The first-order valence-electron chi connectivity index (χ1n) is 7.83. The van der Waals surface area contributed by atoms with Crippen molar-refractivity contribution in [3.8, 4) is 0 Å². The van der Waals surface area contributed by atoms with Crippen molar-refractivity contribution in [1.82, 2.24) is 10.2 Å². The Morgan fingerprint density at radius 1 is 1.17 bits per heavy atom. The minimum absolute atomic E-state index is 0.266. The van der Waals surface area contributed by atoms with E-state index in [-0.39, 0.29) is 5.91 Å². The Labute approximate surface area is 111 Å². The Bertz CT molecular complexity index is 261. The van der Waals surface area contributed by atoms with Crippen LogP contribution in [0.15, 0.2) is 0 Å². The highest BCUT2D eigenvalue weighted by molar-refractivity contribution is 5.76. The summed E-state index contributed by atoms with van der Waals surface area (Å²) in [7, 11) is 0. The molecule has 3 heteroatoms. The summed E-state index contributed by atoms with van der Waals surface area (Å²) in [6, 6.07) is 1.19. The van der Waals surface area contributed by atoms with Crippen molar-refractivity contribution < 1.29 is 4.79 Å². The average molecular weight is 252 g/mol. The van der Waals surface area contributed by atoms with Crippen LogP contribution in [0.5, 0.6) is 0 Å². The number of hydrogen-bond donors (Lipinski definition) is 1. The van der Waals surface area contributed by atoms with E-state index >= 15 is 0 Å². The molecule has 1 heterocycles. The molecule has 1 N–H and O–H groups in total. The second kappa shape index (κ2) is 7.13. The molecular weight excluding hydrogens is 224 g/mol. The second-order valence-electron chi connectivity index (χ2n) is 5.89. The topological polar surface area (TPSA) is 32.3 Å². The molecule has 1 unspecified atom stereocenters. The van der Waals surface area contributed by atoms with Crippen LogP contribution in [-0.4, -0.2) is 36.0 Å². The first kappa shape index (κ1) is 13.9. The summed E-state index contributed by atoms with van der Waals surface area (Å²) in [4.78, 5) is 14.4. The van der Waals surface area contributed by atoms with E-state index in [1.165, 1.54) is 57.9 Å². The van der Waals surface area contributed by atoms with Gasteiger partial charge >= 0.3 is 0 Å². The lowest BCUT2D eigenvalue weighted by molar-refractivity contribution is -0.122. The molecule has 104 valence electrons. The highest BCUT2D eigenvalue weighted by Gasteiger charge is 2.22. The van der Waals surface area contributed by atoms with Crippen molar-refractivity contribution in [2.24, 2.45) is 0 Å². The molecule has 2 rings (SSSR count). The van der Waals surface area contributed by atoms with Gasteiger partial charge in [-0.25, -0.2) is 0 Å². The van der Waals surface area contributed by atoms with Crippen LogP contribution in [0.3, 0.4) is 0 Å². The quantitative estimate of drug-likeness (QED) is 0.816. The minimum atomic E-state index is 0.266. The summed E-state index contributed by atoms with van der Waals surface area (Å²) in [5.74, 6) is 0.266. The highest BCUT2D eigenvalue weighted by atomic mass is 16.1. The first-order chi connectivity index (χ1) is 8.79. The molecule has 0 spiro atoms. The van der Waals surface area contributed by atoms with Gasteiger partial charge in [0.2, 0.25) is 5.91 Å². The van der Waals surface area contributed by atoms with Gasteiger partial charge in [0.15, 0.2) is 0 Å². The van der Waals surface area contributed by atoms with Gasteiger partial charge in [0, 0.05) is 25.0 Å². The summed E-state index contributed by atoms with van der Waals surface area (Å²) in [5, 5.41) is 3.19. The Morgan fingerprint density at radius 3 is 2.61 bits per heavy atom. The van der Waals surface area contributed by atoms with Gasteiger partial charge in [-0.1, -0.05) is 26.2 Å². The Balaban J connectivity index is 1.67. The van der Waals surface area contributed by atoms with Crippen LogP contribution < -0.4 is 5.32 Å². The second-order valence-corrected chi connectivity index (χ2v) is 5.89. The Hall–Kier alpha value is -0.570. The summed E-state index contributed by atoms with van der Waals surface area (Å²) in [5.41, 5.74) is 0. The van der Waals surface area contributed by atoms with E-state index in [0.29, 0.717) is 12.5 Å². The van der Waals surface area contributed by atoms with Gasteiger partial charge in [-0.15, -0.1) is 0 Å². The monoisotopic (exact) mass is 252 g/mol. The maximum absolute atomic E-state index is 11.9. The molecule has 1 aliphatic carbocycles. The molecule has 1 aliphatic heterocycles. The van der Waals surface area contributed by atoms with Crippen molar-refractivity contribution in [3.63, 3.8) is 0 Å². The van der Waals surface area contributed by atoms with Gasteiger partial charge in [-0.3, -0.25) is 9.69 Å². The molecule has 0 aromatic rings. The van der Waals surface area contributed by atoms with Gasteiger partial charge in [0.05, 0.1) is 0 Å². The van der Waals surface area contributed by atoms with E-state index in [1.807, 2.05) is 0 Å². The molecule has 0 aromatic carbocycles. The van der Waals surface area contributed by atoms with Gasteiger partial charge in [0.25, 0.3) is 0 Å². The number of amides is 1. The lowest BCUT2D eigenvalue weighted by atomic mass is 10.00. The van der Waals surface area contributed by atoms with E-state index in [0.717, 1.165) is 12.6 Å². The standard InChI is InChI=1S/C15H28N2O/c1-2-14-9-5-6-11-17(14)12-10-15(18)16-13-7-3-4-8-13/h13-14H,2-12H2,1H3,(H,16,18). The van der Waals surface area contributed by atoms with Crippen LogP contribution in [-0.2, 0) is 4.79 Å². The lowest BCUT2D eigenvalue weighted by Gasteiger charge is -2.35. The zero-order chi connectivity index (χ0) is 12.8. The fraction of sp³-hybridized carbons (Fsp3) is 0.933. The zero-order valence-electron chi connectivity index (χ0n) is 11.8. The molecule has 3 nitrogen and oxygen atoms in total. The molecule has 0 aromatic heterocycles. The third-order valence-electron chi connectivity index (χ3n) is 4.57. The zero-order valence-corrected chi connectivity index (χ0v) is 11.8. The number of likely N-dealkylation sites (tertiary alicyclic amines) is 1. The van der Waals surface area contributed by atoms with Crippen molar-refractivity contribution in [2.75, 3.05) is 13.1 Å². The molecule has 1 atom stereocenters. The molecule has 18 heavy (non-hydrogen) atoms. The summed E-state index contributed by atoms with van der Waals surface area (Å²) < 4.78 is 0. The van der Waals surface area contributed by atoms with Gasteiger partial charge in [0.1, 0.15) is 0 Å². The van der Waals surface area contributed by atoms with Gasteiger partial charge < -0.3 is 5.32 Å². The SMILES string of the molecule is CCC1CCCCN1CCC(=O)NC1CCCC1. The van der Waals surface area contributed by atoms with Crippen LogP contribution in [0, 0.1) is 0 Å². The smallest absolute Gasteiger partial charge is 0.221 e. The number of carbonyl (C=O) groups is 1. The van der Waals surface area contributed by atoms with Crippen LogP contribution >= 0.6 is 0 Å². The average Bonchev–Trinajstić information content (AvgIpc) is 2.89. The Morgan fingerprint density at radius 2 is 1.89 bits per heavy atom. The number of rotatable bonds is 5. The highest BCUT2D eigenvalue weighted by Crippen LogP contribution is 2.20. The number of hydrogen-bond acceptors (Lipinski definition) is 2. The molecule has 1 saturated heterocycles. The van der Waals surface area contributed by atoms with Crippen LogP contribution in [0.2, 0.25) is 0 Å². The molecule has 2 aliphatic rings. The van der Waals surface area contributed by atoms with Crippen LogP contribution in [0.1, 0.15) is 64.7 Å². The van der Waals surface area contributed by atoms with Crippen LogP contribution in [0.25, 0.3) is 0 Å². The number of nitrogens with zero attached hydrogens (tertiary/aromatic N) is 1. The van der Waals surface area contributed by atoms with E-state index in [4.69, 9.17) is 0 Å². The fourth-order valence-corrected chi connectivity index (χ4v) is 3.43. The van der Waals surface area contributed by atoms with Crippen molar-refractivity contribution in [2.45, 2.75) is 76.8 Å². The molecule has 0 bridgehead atoms. The van der Waals surface area contributed by atoms with Crippen LogP contribution in [0.4, 0.5) is 0 Å². The number of carbonyl (C=O) groups excluding carboxylic acids is 1. The van der Waals surface area contributed by atoms with E-state index in [1.54, 1.807) is 0 Å². The normalized spacial score (nSPS) is 26.4. The summed E-state index contributed by atoms with van der Waals surface area (Å²) in [6.07, 6.45) is 10.9. The number of nitrogens with one attached hydrogen (secondary N) is 1. The third-order valence-corrected chi connectivity index (χ3v) is 4.57. The number of piperidine rings is 1. The van der Waals surface area contributed by atoms with Crippen molar-refractivity contribution in [3.05, 3.63) is 0 Å². The fourth-order valence-electron chi connectivity index (χ4n) is 3.43. The maximum Gasteiger partial charge on any atom is 0.221 e. The van der Waals surface area contributed by atoms with E-state index in [9.17, 15) is 4.79 Å². The van der Waals surface area contributed by atoms with Crippen molar-refractivity contribution >= 4 is 5.91 Å². The molecule has 2 fully saturated rings. The Kier molecular flexibility index (Phi) is 5.48. The maximum atomic E-state index is 11.9. The third kappa shape index (κ3) is 3.98. The predicted octanol–water partition coefficient (Wildman–Crippen LogP) is 2.70. The molecular formula is C15H28N2O. The predicted molar refractivity (Wildman–Crippen MR) is 74.5 cm³/mol. The summed E-state index contributed by atoms with van der Waals surface area (Å²) in [6.45, 7) is 4.41. The van der Waals surface area contributed by atoms with Gasteiger partial charge in [-0.05, 0) is 38.6 Å². The molecule has 0 radical (unpaired) electrons. The summed E-state index contributed by atoms with van der Waals surface area (Å²) >= 11 is 0. The molecule has 1 amide bonds. The van der Waals surface area contributed by atoms with E-state index in [2.05, 4.69) is 17.1 Å². The largest absolute Gasteiger partial charge is 0.353 e. The molecule has 1 saturated carbocycles. The van der Waals surface area contributed by atoms with Crippen molar-refractivity contribution in [1.29, 1.82) is 0 Å². The lowest BCUT2D eigenvalue weighted by Crippen LogP contribution is -2.42. The van der Waals surface area contributed by atoms with E-state index < -0.39 is 0 Å².